The first-order chi connectivity index (χ1) is 12.8. The Bertz CT molecular complexity index is 751. The molecule has 2 fully saturated rings. The van der Waals surface area contributed by atoms with Crippen molar-refractivity contribution in [2.75, 3.05) is 6.54 Å². The molecule has 27 heavy (non-hydrogen) atoms. The van der Waals surface area contributed by atoms with Crippen LogP contribution >= 0.6 is 27.7 Å². The van der Waals surface area contributed by atoms with Gasteiger partial charge in [-0.2, -0.15) is 0 Å². The first-order valence-electron chi connectivity index (χ1n) is 9.58. The summed E-state index contributed by atoms with van der Waals surface area (Å²) in [5.41, 5.74) is 8.21. The number of carbonyl (C=O) groups excluding carboxylic acids is 1. The van der Waals surface area contributed by atoms with E-state index in [1.165, 1.54) is 5.56 Å². The zero-order valence-electron chi connectivity index (χ0n) is 15.6. The molecule has 1 aliphatic carbocycles. The Labute approximate surface area is 173 Å². The first-order valence-corrected chi connectivity index (χ1v) is 11.4. The van der Waals surface area contributed by atoms with Crippen LogP contribution in [0, 0.1) is 11.8 Å². The maximum absolute atomic E-state index is 12.5. The van der Waals surface area contributed by atoms with E-state index < -0.39 is 6.10 Å². The molecule has 0 bridgehead atoms. The molecular formula is C21H27BrN2O2S. The van der Waals surface area contributed by atoms with Crippen LogP contribution in [0.3, 0.4) is 0 Å². The number of alkyl halides is 1. The second kappa shape index (κ2) is 7.21. The summed E-state index contributed by atoms with van der Waals surface area (Å²) in [4.78, 5) is 12.6. The van der Waals surface area contributed by atoms with Crippen molar-refractivity contribution in [1.29, 1.82) is 0 Å². The Hall–Kier alpha value is -0.820. The number of hydrogen-bond donors (Lipinski definition) is 3. The third kappa shape index (κ3) is 3.28. The molecule has 4 N–H and O–H groups in total. The van der Waals surface area contributed by atoms with Gasteiger partial charge in [0.05, 0.1) is 11.4 Å². The number of aliphatic hydroxyl groups is 1. The molecule has 4 nitrogen and oxygen atoms in total. The molecule has 2 heterocycles. The van der Waals surface area contributed by atoms with Crippen LogP contribution in [0.25, 0.3) is 0 Å². The van der Waals surface area contributed by atoms with E-state index in [0.29, 0.717) is 13.0 Å². The highest BCUT2D eigenvalue weighted by molar-refractivity contribution is 9.09. The number of rotatable bonds is 3. The van der Waals surface area contributed by atoms with Crippen LogP contribution in [-0.4, -0.2) is 39.8 Å². The Morgan fingerprint density at radius 3 is 2.70 bits per heavy atom. The minimum atomic E-state index is -0.432. The number of allylic oxidation sites excluding steroid dienone is 1. The van der Waals surface area contributed by atoms with Crippen molar-refractivity contribution in [2.45, 2.75) is 53.8 Å². The number of thioether (sulfide) groups is 1. The molecule has 7 unspecified atom stereocenters. The molecule has 0 spiro atoms. The zero-order valence-corrected chi connectivity index (χ0v) is 18.0. The molecule has 1 aromatic carbocycles. The van der Waals surface area contributed by atoms with Crippen LogP contribution in [0.15, 0.2) is 35.7 Å². The summed E-state index contributed by atoms with van der Waals surface area (Å²) in [6.45, 7) is 4.88. The normalized spacial score (nSPS) is 38.3. The number of fused-ring (bicyclic) bond motifs is 3. The molecule has 146 valence electrons. The fourth-order valence-electron chi connectivity index (χ4n) is 4.85. The number of carbonyl (C=O) groups is 1. The van der Waals surface area contributed by atoms with E-state index in [4.69, 9.17) is 5.73 Å². The maximum Gasteiger partial charge on any atom is 0.234 e. The number of nitrogens with one attached hydrogen (secondary N) is 1. The summed E-state index contributed by atoms with van der Waals surface area (Å²) in [6.07, 6.45) is 2.37. The summed E-state index contributed by atoms with van der Waals surface area (Å²) >= 11 is 5.32. The average Bonchev–Trinajstić information content (AvgIpc) is 3.14. The Balaban J connectivity index is 1.70. The summed E-state index contributed by atoms with van der Waals surface area (Å²) in [5, 5.41) is 16.2. The van der Waals surface area contributed by atoms with Crippen molar-refractivity contribution >= 4 is 33.6 Å². The smallest absolute Gasteiger partial charge is 0.234 e. The van der Waals surface area contributed by atoms with Crippen molar-refractivity contribution in [2.24, 2.45) is 17.6 Å². The third-order valence-corrected chi connectivity index (χ3v) is 8.65. The van der Waals surface area contributed by atoms with Crippen molar-refractivity contribution in [3.05, 3.63) is 46.9 Å². The highest BCUT2D eigenvalue weighted by atomic mass is 79.9. The maximum atomic E-state index is 12.5. The molecule has 7 atom stereocenters. The summed E-state index contributed by atoms with van der Waals surface area (Å²) in [5.74, 6) is 0.473. The van der Waals surface area contributed by atoms with Crippen molar-refractivity contribution < 1.29 is 9.90 Å². The fraction of sp³-hybridized carbons (Fsp3) is 0.571. The lowest BCUT2D eigenvalue weighted by Crippen LogP contribution is -2.63. The average molecular weight is 451 g/mol. The largest absolute Gasteiger partial charge is 0.392 e. The molecule has 1 aromatic rings. The number of piperidine rings is 1. The Morgan fingerprint density at radius 2 is 2.04 bits per heavy atom. The standard InChI is InChI=1S/C21H27BrN2O2S/c1-21(2,10-23)12-5-3-11(4-6-12)16-15(25)9-14(22)18-17(16)13-7-8-27-19(13)20(26)24-18/h3-8,13-19,25H,9-10,23H2,1-2H3,(H,24,26). The van der Waals surface area contributed by atoms with E-state index in [1.807, 2.05) is 5.41 Å². The molecule has 0 aromatic heterocycles. The van der Waals surface area contributed by atoms with Gasteiger partial charge in [0.25, 0.3) is 0 Å². The number of aliphatic hydroxyl groups excluding tert-OH is 1. The molecule has 2 aliphatic heterocycles. The predicted octanol–water partition coefficient (Wildman–Crippen LogP) is 2.89. The molecular weight excluding hydrogens is 424 g/mol. The third-order valence-electron chi connectivity index (χ3n) is 6.57. The first kappa shape index (κ1) is 19.5. The lowest BCUT2D eigenvalue weighted by Gasteiger charge is -2.50. The Morgan fingerprint density at radius 1 is 1.33 bits per heavy atom. The molecule has 6 heteroatoms. The molecule has 1 amide bonds. The molecule has 0 radical (unpaired) electrons. The van der Waals surface area contributed by atoms with Crippen LogP contribution in [0.5, 0.6) is 0 Å². The molecule has 1 saturated heterocycles. The molecule has 3 aliphatic rings. The number of amides is 1. The van der Waals surface area contributed by atoms with E-state index in [-0.39, 0.29) is 45.2 Å². The van der Waals surface area contributed by atoms with Gasteiger partial charge in [-0.3, -0.25) is 4.79 Å². The van der Waals surface area contributed by atoms with Crippen molar-refractivity contribution in [3.63, 3.8) is 0 Å². The second-order valence-electron chi connectivity index (χ2n) is 8.63. The van der Waals surface area contributed by atoms with Crippen molar-refractivity contribution in [1.82, 2.24) is 5.32 Å². The summed E-state index contributed by atoms with van der Waals surface area (Å²) < 4.78 is 0. The zero-order chi connectivity index (χ0) is 19.3. The minimum absolute atomic E-state index is 0.00953. The summed E-state index contributed by atoms with van der Waals surface area (Å²) in [7, 11) is 0. The number of hydrogen-bond acceptors (Lipinski definition) is 4. The molecule has 1 saturated carbocycles. The van der Waals surface area contributed by atoms with Gasteiger partial charge >= 0.3 is 0 Å². The highest BCUT2D eigenvalue weighted by Crippen LogP contribution is 2.51. The SMILES string of the molecule is CC(C)(CN)c1ccc(C2C(O)CC(Br)C3NC(=O)C4SC=CC4C32)cc1. The highest BCUT2D eigenvalue weighted by Gasteiger charge is 2.54. The fourth-order valence-corrected chi connectivity index (χ4v) is 6.81. The van der Waals surface area contributed by atoms with Gasteiger partial charge in [-0.05, 0) is 28.9 Å². The van der Waals surface area contributed by atoms with Gasteiger partial charge in [0, 0.05) is 34.7 Å². The van der Waals surface area contributed by atoms with Gasteiger partial charge in [0.1, 0.15) is 0 Å². The van der Waals surface area contributed by atoms with Gasteiger partial charge in [0.15, 0.2) is 0 Å². The van der Waals surface area contributed by atoms with Gasteiger partial charge in [-0.15, -0.1) is 11.8 Å². The van der Waals surface area contributed by atoms with Gasteiger partial charge in [-0.1, -0.05) is 60.1 Å². The Kier molecular flexibility index (Phi) is 5.21. The molecule has 4 rings (SSSR count). The van der Waals surface area contributed by atoms with Crippen LogP contribution in [-0.2, 0) is 10.2 Å². The van der Waals surface area contributed by atoms with Gasteiger partial charge in [-0.25, -0.2) is 0 Å². The van der Waals surface area contributed by atoms with E-state index >= 15 is 0 Å². The second-order valence-corrected chi connectivity index (χ2v) is 10.9. The van der Waals surface area contributed by atoms with Gasteiger partial charge < -0.3 is 16.2 Å². The van der Waals surface area contributed by atoms with Crippen LogP contribution in [0.2, 0.25) is 0 Å². The topological polar surface area (TPSA) is 75.3 Å². The van der Waals surface area contributed by atoms with E-state index in [2.05, 4.69) is 65.4 Å². The van der Waals surface area contributed by atoms with E-state index in [9.17, 15) is 9.90 Å². The van der Waals surface area contributed by atoms with Crippen molar-refractivity contribution in [3.8, 4) is 0 Å². The van der Waals surface area contributed by atoms with Crippen LogP contribution in [0.4, 0.5) is 0 Å². The number of benzene rings is 1. The van der Waals surface area contributed by atoms with E-state index in [1.54, 1.807) is 11.8 Å². The van der Waals surface area contributed by atoms with Gasteiger partial charge in [0.2, 0.25) is 5.91 Å². The minimum Gasteiger partial charge on any atom is -0.392 e. The predicted molar refractivity (Wildman–Crippen MR) is 114 cm³/mol. The quantitative estimate of drug-likeness (QED) is 0.618. The lowest BCUT2D eigenvalue weighted by molar-refractivity contribution is -0.126. The monoisotopic (exact) mass is 450 g/mol. The van der Waals surface area contributed by atoms with E-state index in [0.717, 1.165) is 5.56 Å². The summed E-state index contributed by atoms with van der Waals surface area (Å²) in [6, 6.07) is 8.60. The number of halogens is 1. The lowest BCUT2D eigenvalue weighted by atomic mass is 9.63. The van der Waals surface area contributed by atoms with Crippen LogP contribution in [0.1, 0.15) is 37.3 Å². The number of nitrogens with two attached hydrogens (primary N) is 1. The van der Waals surface area contributed by atoms with Crippen LogP contribution < -0.4 is 11.1 Å².